The SMILES string of the molecule is CCCCCn1c(CCNC(=O)CC)nc2ccccc21. The van der Waals surface area contributed by atoms with Crippen molar-refractivity contribution in [2.24, 2.45) is 0 Å². The van der Waals surface area contributed by atoms with E-state index in [1.807, 2.05) is 13.0 Å². The van der Waals surface area contributed by atoms with E-state index in [0.717, 1.165) is 24.3 Å². The molecule has 1 N–H and O–H groups in total. The predicted molar refractivity (Wildman–Crippen MR) is 86.3 cm³/mol. The lowest BCUT2D eigenvalue weighted by Crippen LogP contribution is -2.25. The number of benzene rings is 1. The van der Waals surface area contributed by atoms with E-state index in [2.05, 4.69) is 35.0 Å². The first kappa shape index (κ1) is 15.5. The van der Waals surface area contributed by atoms with Gasteiger partial charge in [-0.05, 0) is 18.6 Å². The third-order valence-electron chi connectivity index (χ3n) is 3.71. The lowest BCUT2D eigenvalue weighted by molar-refractivity contribution is -0.120. The normalized spacial score (nSPS) is 11.0. The van der Waals surface area contributed by atoms with Crippen molar-refractivity contribution in [2.45, 2.75) is 52.5 Å². The van der Waals surface area contributed by atoms with Crippen molar-refractivity contribution in [3.05, 3.63) is 30.1 Å². The Bertz CT molecular complexity index is 589. The van der Waals surface area contributed by atoms with E-state index in [-0.39, 0.29) is 5.91 Å². The molecule has 4 nitrogen and oxygen atoms in total. The Morgan fingerprint density at radius 3 is 2.81 bits per heavy atom. The number of unbranched alkanes of at least 4 members (excludes halogenated alkanes) is 2. The molecule has 1 aromatic carbocycles. The molecule has 1 aromatic heterocycles. The van der Waals surface area contributed by atoms with Gasteiger partial charge in [-0.1, -0.05) is 38.8 Å². The maximum absolute atomic E-state index is 11.3. The molecule has 21 heavy (non-hydrogen) atoms. The van der Waals surface area contributed by atoms with Crippen LogP contribution in [0.4, 0.5) is 0 Å². The highest BCUT2D eigenvalue weighted by atomic mass is 16.1. The van der Waals surface area contributed by atoms with Crippen LogP contribution in [0, 0.1) is 0 Å². The Kier molecular flexibility index (Phi) is 5.78. The highest BCUT2D eigenvalue weighted by Gasteiger charge is 2.10. The fraction of sp³-hybridized carbons (Fsp3) is 0.529. The molecule has 2 rings (SSSR count). The van der Waals surface area contributed by atoms with Crippen molar-refractivity contribution in [1.82, 2.24) is 14.9 Å². The van der Waals surface area contributed by atoms with Crippen molar-refractivity contribution >= 4 is 16.9 Å². The van der Waals surface area contributed by atoms with Gasteiger partial charge in [-0.25, -0.2) is 4.98 Å². The summed E-state index contributed by atoms with van der Waals surface area (Å²) < 4.78 is 2.31. The Morgan fingerprint density at radius 1 is 1.24 bits per heavy atom. The van der Waals surface area contributed by atoms with Gasteiger partial charge in [-0.2, -0.15) is 0 Å². The number of aryl methyl sites for hydroxylation is 1. The maximum Gasteiger partial charge on any atom is 0.219 e. The quantitative estimate of drug-likeness (QED) is 0.757. The zero-order valence-corrected chi connectivity index (χ0v) is 13.1. The molecular weight excluding hydrogens is 262 g/mol. The van der Waals surface area contributed by atoms with Gasteiger partial charge in [0.25, 0.3) is 0 Å². The van der Waals surface area contributed by atoms with Crippen LogP contribution in [0.25, 0.3) is 11.0 Å². The van der Waals surface area contributed by atoms with Crippen LogP contribution < -0.4 is 5.32 Å². The van der Waals surface area contributed by atoms with Gasteiger partial charge in [0.1, 0.15) is 5.82 Å². The second-order valence-corrected chi connectivity index (χ2v) is 5.33. The summed E-state index contributed by atoms with van der Waals surface area (Å²) >= 11 is 0. The molecule has 1 heterocycles. The summed E-state index contributed by atoms with van der Waals surface area (Å²) in [5, 5.41) is 2.93. The van der Waals surface area contributed by atoms with Crippen LogP contribution in [0.15, 0.2) is 24.3 Å². The number of hydrogen-bond donors (Lipinski definition) is 1. The Morgan fingerprint density at radius 2 is 2.05 bits per heavy atom. The lowest BCUT2D eigenvalue weighted by Gasteiger charge is -2.09. The minimum atomic E-state index is 0.101. The van der Waals surface area contributed by atoms with E-state index < -0.39 is 0 Å². The number of nitrogens with one attached hydrogen (secondary N) is 1. The Hall–Kier alpha value is -1.84. The molecule has 0 atom stereocenters. The largest absolute Gasteiger partial charge is 0.356 e. The van der Waals surface area contributed by atoms with E-state index in [4.69, 9.17) is 4.98 Å². The number of para-hydroxylation sites is 2. The summed E-state index contributed by atoms with van der Waals surface area (Å²) in [6, 6.07) is 8.26. The van der Waals surface area contributed by atoms with E-state index in [1.54, 1.807) is 0 Å². The van der Waals surface area contributed by atoms with Gasteiger partial charge >= 0.3 is 0 Å². The molecule has 0 aliphatic heterocycles. The van der Waals surface area contributed by atoms with Gasteiger partial charge in [-0.15, -0.1) is 0 Å². The maximum atomic E-state index is 11.3. The molecule has 0 spiro atoms. The fourth-order valence-electron chi connectivity index (χ4n) is 2.52. The molecule has 4 heteroatoms. The fourth-order valence-corrected chi connectivity index (χ4v) is 2.52. The number of fused-ring (bicyclic) bond motifs is 1. The number of hydrogen-bond acceptors (Lipinski definition) is 2. The first-order valence-electron chi connectivity index (χ1n) is 7.97. The standard InChI is InChI=1S/C17H25N3O/c1-3-5-8-13-20-15-10-7-6-9-14(15)19-16(20)11-12-18-17(21)4-2/h6-7,9-10H,3-5,8,11-13H2,1-2H3,(H,18,21). The molecule has 0 aliphatic carbocycles. The first-order chi connectivity index (χ1) is 10.3. The smallest absolute Gasteiger partial charge is 0.219 e. The topological polar surface area (TPSA) is 46.9 Å². The number of imidazole rings is 1. The number of carbonyl (C=O) groups is 1. The van der Waals surface area contributed by atoms with Crippen LogP contribution in [0.2, 0.25) is 0 Å². The molecule has 0 saturated carbocycles. The van der Waals surface area contributed by atoms with Gasteiger partial charge in [0.05, 0.1) is 11.0 Å². The number of aromatic nitrogens is 2. The van der Waals surface area contributed by atoms with Crippen molar-refractivity contribution in [2.75, 3.05) is 6.54 Å². The van der Waals surface area contributed by atoms with Crippen LogP contribution >= 0.6 is 0 Å². The van der Waals surface area contributed by atoms with E-state index >= 15 is 0 Å². The summed E-state index contributed by atoms with van der Waals surface area (Å²) in [5.74, 6) is 1.17. The summed E-state index contributed by atoms with van der Waals surface area (Å²) in [7, 11) is 0. The van der Waals surface area contributed by atoms with Gasteiger partial charge in [0.2, 0.25) is 5.91 Å². The van der Waals surface area contributed by atoms with Crippen molar-refractivity contribution in [3.8, 4) is 0 Å². The van der Waals surface area contributed by atoms with Crippen molar-refractivity contribution in [1.29, 1.82) is 0 Å². The van der Waals surface area contributed by atoms with Crippen LogP contribution in [-0.4, -0.2) is 22.0 Å². The van der Waals surface area contributed by atoms with Gasteiger partial charge in [0.15, 0.2) is 0 Å². The Labute approximate surface area is 126 Å². The van der Waals surface area contributed by atoms with E-state index in [1.165, 1.54) is 24.8 Å². The number of nitrogens with zero attached hydrogens (tertiary/aromatic N) is 2. The molecular formula is C17H25N3O. The first-order valence-corrected chi connectivity index (χ1v) is 7.97. The second-order valence-electron chi connectivity index (χ2n) is 5.33. The van der Waals surface area contributed by atoms with Crippen LogP contribution in [0.5, 0.6) is 0 Å². The highest BCUT2D eigenvalue weighted by Crippen LogP contribution is 2.17. The number of amides is 1. The summed E-state index contributed by atoms with van der Waals surface area (Å²) in [6.07, 6.45) is 4.94. The average Bonchev–Trinajstić information content (AvgIpc) is 2.85. The Balaban J connectivity index is 2.12. The minimum absolute atomic E-state index is 0.101. The molecule has 0 fully saturated rings. The van der Waals surface area contributed by atoms with Crippen molar-refractivity contribution < 1.29 is 4.79 Å². The van der Waals surface area contributed by atoms with Gasteiger partial charge < -0.3 is 9.88 Å². The van der Waals surface area contributed by atoms with Crippen molar-refractivity contribution in [3.63, 3.8) is 0 Å². The number of carbonyl (C=O) groups excluding carboxylic acids is 1. The molecule has 2 aromatic rings. The lowest BCUT2D eigenvalue weighted by atomic mass is 10.2. The summed E-state index contributed by atoms with van der Waals surface area (Å²) in [5.41, 5.74) is 2.25. The zero-order chi connectivity index (χ0) is 15.1. The molecule has 0 unspecified atom stereocenters. The third-order valence-corrected chi connectivity index (χ3v) is 3.71. The number of rotatable bonds is 8. The second kappa shape index (κ2) is 7.81. The monoisotopic (exact) mass is 287 g/mol. The average molecular weight is 287 g/mol. The van der Waals surface area contributed by atoms with Crippen LogP contribution in [-0.2, 0) is 17.8 Å². The molecule has 1 amide bonds. The molecule has 114 valence electrons. The molecule has 0 aliphatic rings. The summed E-state index contributed by atoms with van der Waals surface area (Å²) in [6.45, 7) is 5.75. The third kappa shape index (κ3) is 4.06. The zero-order valence-electron chi connectivity index (χ0n) is 13.1. The van der Waals surface area contributed by atoms with Crippen LogP contribution in [0.3, 0.4) is 0 Å². The van der Waals surface area contributed by atoms with Crippen LogP contribution in [0.1, 0.15) is 45.4 Å². The predicted octanol–water partition coefficient (Wildman–Crippen LogP) is 3.30. The highest BCUT2D eigenvalue weighted by molar-refractivity contribution is 5.76. The molecule has 0 saturated heterocycles. The van der Waals surface area contributed by atoms with Gasteiger partial charge in [0, 0.05) is 25.9 Å². The van der Waals surface area contributed by atoms with E-state index in [0.29, 0.717) is 13.0 Å². The molecule has 0 radical (unpaired) electrons. The minimum Gasteiger partial charge on any atom is -0.356 e. The molecule has 0 bridgehead atoms. The van der Waals surface area contributed by atoms with Gasteiger partial charge in [-0.3, -0.25) is 4.79 Å². The summed E-state index contributed by atoms with van der Waals surface area (Å²) in [4.78, 5) is 16.1. The van der Waals surface area contributed by atoms with E-state index in [9.17, 15) is 4.79 Å².